The van der Waals surface area contributed by atoms with E-state index in [9.17, 15) is 9.59 Å². The van der Waals surface area contributed by atoms with Crippen molar-refractivity contribution in [3.8, 4) is 0 Å². The van der Waals surface area contributed by atoms with Gasteiger partial charge >= 0.3 is 5.97 Å². The van der Waals surface area contributed by atoms with Gasteiger partial charge < -0.3 is 15.7 Å². The predicted molar refractivity (Wildman–Crippen MR) is 71.2 cm³/mol. The Kier molecular flexibility index (Phi) is 4.16. The maximum Gasteiger partial charge on any atom is 0.347 e. The van der Waals surface area contributed by atoms with E-state index in [2.05, 4.69) is 15.6 Å². The van der Waals surface area contributed by atoms with Gasteiger partial charge in [0.1, 0.15) is 9.88 Å². The third-order valence-corrected chi connectivity index (χ3v) is 4.53. The summed E-state index contributed by atoms with van der Waals surface area (Å²) in [5, 5.41) is 15.5. The molecule has 0 bridgehead atoms. The second-order valence-electron chi connectivity index (χ2n) is 4.75. The van der Waals surface area contributed by atoms with Crippen LogP contribution in [0.4, 0.5) is 0 Å². The van der Waals surface area contributed by atoms with E-state index in [4.69, 9.17) is 5.11 Å². The van der Waals surface area contributed by atoms with E-state index in [-0.39, 0.29) is 16.7 Å². The van der Waals surface area contributed by atoms with Crippen LogP contribution in [0.1, 0.15) is 27.3 Å². The van der Waals surface area contributed by atoms with Crippen molar-refractivity contribution in [2.24, 2.45) is 11.8 Å². The third-order valence-electron chi connectivity index (χ3n) is 3.38. The van der Waals surface area contributed by atoms with Gasteiger partial charge in [0, 0.05) is 5.92 Å². The molecular weight excluding hydrogens is 266 g/mol. The summed E-state index contributed by atoms with van der Waals surface area (Å²) in [5.74, 6) is -0.605. The summed E-state index contributed by atoms with van der Waals surface area (Å²) < 4.78 is 0. The summed E-state index contributed by atoms with van der Waals surface area (Å²) in [5.41, 5.74) is 0.498. The van der Waals surface area contributed by atoms with Crippen molar-refractivity contribution in [1.29, 1.82) is 0 Å². The summed E-state index contributed by atoms with van der Waals surface area (Å²) in [6, 6.07) is 0. The van der Waals surface area contributed by atoms with Crippen molar-refractivity contribution in [1.82, 2.24) is 15.6 Å². The number of aromatic carboxylic acids is 1. The zero-order valence-corrected chi connectivity index (χ0v) is 11.7. The molecule has 0 saturated carbocycles. The topological polar surface area (TPSA) is 91.3 Å². The molecule has 1 aliphatic rings. The lowest BCUT2D eigenvalue weighted by Gasteiger charge is -2.31. The molecule has 0 aromatic carbocycles. The minimum atomic E-state index is -0.971. The number of thiazole rings is 1. The highest BCUT2D eigenvalue weighted by Crippen LogP contribution is 2.19. The number of aryl methyl sites for hydroxylation is 1. The second-order valence-corrected chi connectivity index (χ2v) is 5.84. The fraction of sp³-hybridized carbons (Fsp3) is 0.583. The van der Waals surface area contributed by atoms with E-state index in [0.29, 0.717) is 23.2 Å². The number of hydrogen-bond acceptors (Lipinski definition) is 5. The quantitative estimate of drug-likeness (QED) is 0.737. The van der Waals surface area contributed by atoms with Gasteiger partial charge in [0.15, 0.2) is 0 Å². The Hall–Kier alpha value is -1.47. The Morgan fingerprint density at radius 3 is 2.74 bits per heavy atom. The first kappa shape index (κ1) is 14.0. The number of carboxylic acids is 1. The number of nitrogens with zero attached hydrogens (tertiary/aromatic N) is 1. The van der Waals surface area contributed by atoms with Gasteiger partial charge in [-0.2, -0.15) is 0 Å². The summed E-state index contributed by atoms with van der Waals surface area (Å²) in [4.78, 5) is 27.2. The average Bonchev–Trinajstić information content (AvgIpc) is 2.65. The fourth-order valence-corrected chi connectivity index (χ4v) is 2.77. The lowest BCUT2D eigenvalue weighted by molar-refractivity contribution is -0.126. The van der Waals surface area contributed by atoms with E-state index < -0.39 is 5.97 Å². The van der Waals surface area contributed by atoms with E-state index in [1.54, 1.807) is 6.92 Å². The van der Waals surface area contributed by atoms with Gasteiger partial charge in [-0.25, -0.2) is 9.78 Å². The molecular formula is C12H17N3O3S. The maximum absolute atomic E-state index is 11.9. The van der Waals surface area contributed by atoms with Crippen molar-refractivity contribution in [2.45, 2.75) is 20.4 Å². The monoisotopic (exact) mass is 283 g/mol. The average molecular weight is 283 g/mol. The van der Waals surface area contributed by atoms with E-state index >= 15 is 0 Å². The van der Waals surface area contributed by atoms with Crippen LogP contribution in [0.5, 0.6) is 0 Å². The Morgan fingerprint density at radius 2 is 2.26 bits per heavy atom. The zero-order chi connectivity index (χ0) is 14.0. The van der Waals surface area contributed by atoms with Crippen molar-refractivity contribution >= 4 is 23.2 Å². The Bertz CT molecular complexity index is 496. The van der Waals surface area contributed by atoms with Crippen LogP contribution < -0.4 is 10.6 Å². The van der Waals surface area contributed by atoms with E-state index in [0.717, 1.165) is 24.4 Å². The third kappa shape index (κ3) is 3.10. The van der Waals surface area contributed by atoms with Crippen LogP contribution in [-0.2, 0) is 11.3 Å². The standard InChI is InChI=1S/C12H17N3O3S/c1-6(8-3-13-4-8)11(16)14-5-9-15-7(2)10(19-9)12(17)18/h6,8,13H,3-5H2,1-2H3,(H,14,16)(H,17,18). The van der Waals surface area contributed by atoms with Gasteiger partial charge in [0.2, 0.25) is 5.91 Å². The Labute approximate surface area is 115 Å². The van der Waals surface area contributed by atoms with Crippen LogP contribution in [0, 0.1) is 18.8 Å². The normalized spacial score (nSPS) is 16.7. The molecule has 2 heterocycles. The molecule has 3 N–H and O–H groups in total. The van der Waals surface area contributed by atoms with Crippen LogP contribution in [0.15, 0.2) is 0 Å². The number of carbonyl (C=O) groups excluding carboxylic acids is 1. The highest BCUT2D eigenvalue weighted by atomic mass is 32.1. The van der Waals surface area contributed by atoms with Crippen molar-refractivity contribution in [3.63, 3.8) is 0 Å². The first-order chi connectivity index (χ1) is 8.99. The second kappa shape index (κ2) is 5.66. The molecule has 1 saturated heterocycles. The minimum Gasteiger partial charge on any atom is -0.477 e. The fourth-order valence-electron chi connectivity index (χ4n) is 1.93. The molecule has 1 aromatic rings. The molecule has 2 rings (SSSR count). The zero-order valence-electron chi connectivity index (χ0n) is 10.9. The number of hydrogen-bond donors (Lipinski definition) is 3. The molecule has 0 spiro atoms. The molecule has 1 unspecified atom stereocenters. The van der Waals surface area contributed by atoms with Gasteiger partial charge in [-0.15, -0.1) is 11.3 Å². The molecule has 0 aliphatic carbocycles. The number of nitrogens with one attached hydrogen (secondary N) is 2. The molecule has 1 aromatic heterocycles. The Morgan fingerprint density at radius 1 is 1.58 bits per heavy atom. The van der Waals surface area contributed by atoms with Crippen molar-refractivity contribution in [3.05, 3.63) is 15.6 Å². The van der Waals surface area contributed by atoms with Gasteiger partial charge in [-0.3, -0.25) is 4.79 Å². The van der Waals surface area contributed by atoms with Crippen LogP contribution in [-0.4, -0.2) is 35.1 Å². The molecule has 1 aliphatic heterocycles. The highest BCUT2D eigenvalue weighted by molar-refractivity contribution is 7.13. The highest BCUT2D eigenvalue weighted by Gasteiger charge is 2.28. The number of carbonyl (C=O) groups is 2. The number of amides is 1. The molecule has 1 amide bonds. The molecule has 19 heavy (non-hydrogen) atoms. The van der Waals surface area contributed by atoms with E-state index in [1.165, 1.54) is 0 Å². The van der Waals surface area contributed by atoms with Gasteiger partial charge in [0.25, 0.3) is 0 Å². The Balaban J connectivity index is 1.89. The molecule has 1 fully saturated rings. The lowest BCUT2D eigenvalue weighted by atomic mass is 9.88. The molecule has 1 atom stereocenters. The summed E-state index contributed by atoms with van der Waals surface area (Å²) in [6.07, 6.45) is 0. The van der Waals surface area contributed by atoms with Gasteiger partial charge in [-0.05, 0) is 25.9 Å². The SMILES string of the molecule is Cc1nc(CNC(=O)C(C)C2CNC2)sc1C(=O)O. The lowest BCUT2D eigenvalue weighted by Crippen LogP contribution is -2.49. The van der Waals surface area contributed by atoms with Gasteiger partial charge in [-0.1, -0.05) is 6.92 Å². The molecule has 0 radical (unpaired) electrons. The van der Waals surface area contributed by atoms with Crippen LogP contribution >= 0.6 is 11.3 Å². The first-order valence-corrected chi connectivity index (χ1v) is 6.98. The van der Waals surface area contributed by atoms with Crippen molar-refractivity contribution < 1.29 is 14.7 Å². The summed E-state index contributed by atoms with van der Waals surface area (Å²) in [6.45, 7) is 5.63. The largest absolute Gasteiger partial charge is 0.477 e. The molecule has 104 valence electrons. The summed E-state index contributed by atoms with van der Waals surface area (Å²) in [7, 11) is 0. The number of aromatic nitrogens is 1. The van der Waals surface area contributed by atoms with Gasteiger partial charge in [0.05, 0.1) is 12.2 Å². The minimum absolute atomic E-state index is 0.00349. The predicted octanol–water partition coefficient (Wildman–Crippen LogP) is 0.621. The smallest absolute Gasteiger partial charge is 0.347 e. The van der Waals surface area contributed by atoms with Crippen molar-refractivity contribution in [2.75, 3.05) is 13.1 Å². The molecule has 6 nitrogen and oxygen atoms in total. The van der Waals surface area contributed by atoms with Crippen LogP contribution in [0.2, 0.25) is 0 Å². The van der Waals surface area contributed by atoms with Crippen LogP contribution in [0.25, 0.3) is 0 Å². The number of rotatable bonds is 5. The first-order valence-electron chi connectivity index (χ1n) is 6.17. The summed E-state index contributed by atoms with van der Waals surface area (Å²) >= 11 is 1.11. The molecule has 7 heteroatoms. The van der Waals surface area contributed by atoms with E-state index in [1.807, 2.05) is 6.92 Å². The number of carboxylic acid groups (broad SMARTS) is 1. The van der Waals surface area contributed by atoms with Crippen LogP contribution in [0.3, 0.4) is 0 Å². The maximum atomic E-state index is 11.9.